The average molecular weight is 357 g/mol. The van der Waals surface area contributed by atoms with Crippen LogP contribution >= 0.6 is 0 Å². The van der Waals surface area contributed by atoms with Crippen LogP contribution in [0.2, 0.25) is 0 Å². The third kappa shape index (κ3) is 5.05. The van der Waals surface area contributed by atoms with Gasteiger partial charge in [-0.05, 0) is 49.7 Å². The molecule has 2 heterocycles. The van der Waals surface area contributed by atoms with Crippen LogP contribution in [-0.2, 0) is 0 Å². The van der Waals surface area contributed by atoms with Crippen LogP contribution < -0.4 is 44.7 Å². The fourth-order valence-corrected chi connectivity index (χ4v) is 2.32. The molecule has 0 aliphatic rings. The molecule has 126 valence electrons. The van der Waals surface area contributed by atoms with E-state index in [4.69, 9.17) is 4.74 Å². The minimum absolute atomic E-state index is 0. The van der Waals surface area contributed by atoms with Gasteiger partial charge in [-0.3, -0.25) is 4.98 Å². The average Bonchev–Trinajstić information content (AvgIpc) is 2.58. The summed E-state index contributed by atoms with van der Waals surface area (Å²) in [5.41, 5.74) is 2.42. The molecule has 3 aromatic rings. The van der Waals surface area contributed by atoms with Gasteiger partial charge in [-0.1, -0.05) is 12.1 Å². The normalized spacial score (nSPS) is 9.92. The van der Waals surface area contributed by atoms with Gasteiger partial charge in [-0.2, -0.15) is 0 Å². The Balaban J connectivity index is 0.00000243. The number of hydrogen-bond acceptors (Lipinski definition) is 6. The number of nitrogens with zero attached hydrogens (tertiary/aromatic N) is 2. The van der Waals surface area contributed by atoms with Crippen LogP contribution in [-0.4, -0.2) is 15.9 Å². The van der Waals surface area contributed by atoms with Crippen LogP contribution in [0.25, 0.3) is 0 Å². The molecule has 0 bridgehead atoms. The molecule has 0 fully saturated rings. The standard InChI is InChI=1S/C19H17N3O3.Na/c1-12-6-7-17(13(2)21-12)25-16-8-9-20-18(11-16)22-15-5-3-4-14(10-15)19(23)24;/h3-11H,1-2H3,(H,20,22)(H,23,24);/q;+1/p-1. The molecule has 3 rings (SSSR count). The number of carbonyl (C=O) groups is 1. The maximum Gasteiger partial charge on any atom is 1.00 e. The van der Waals surface area contributed by atoms with Gasteiger partial charge in [0.1, 0.15) is 17.3 Å². The number of aromatic carboxylic acids is 1. The summed E-state index contributed by atoms with van der Waals surface area (Å²) in [5, 5.41) is 14.0. The Kier molecular flexibility index (Phi) is 6.74. The third-order valence-corrected chi connectivity index (χ3v) is 3.51. The van der Waals surface area contributed by atoms with Gasteiger partial charge in [0.05, 0.1) is 11.7 Å². The Labute approximate surface area is 173 Å². The zero-order valence-corrected chi connectivity index (χ0v) is 16.8. The van der Waals surface area contributed by atoms with Gasteiger partial charge < -0.3 is 20.0 Å². The van der Waals surface area contributed by atoms with Crippen molar-refractivity contribution in [3.63, 3.8) is 0 Å². The van der Waals surface area contributed by atoms with Crippen molar-refractivity contribution in [2.45, 2.75) is 13.8 Å². The molecule has 26 heavy (non-hydrogen) atoms. The molecule has 7 heteroatoms. The number of aryl methyl sites for hydroxylation is 2. The van der Waals surface area contributed by atoms with E-state index in [0.717, 1.165) is 11.4 Å². The number of nitrogens with one attached hydrogen (secondary N) is 1. The third-order valence-electron chi connectivity index (χ3n) is 3.51. The largest absolute Gasteiger partial charge is 1.00 e. The second-order valence-electron chi connectivity index (χ2n) is 5.51. The zero-order valence-electron chi connectivity index (χ0n) is 14.8. The molecule has 0 aliphatic carbocycles. The predicted molar refractivity (Wildman–Crippen MR) is 92.1 cm³/mol. The first-order valence-corrected chi connectivity index (χ1v) is 7.68. The maximum absolute atomic E-state index is 10.9. The van der Waals surface area contributed by atoms with E-state index in [2.05, 4.69) is 15.3 Å². The number of carboxylic acid groups (broad SMARTS) is 1. The van der Waals surface area contributed by atoms with Crippen molar-refractivity contribution in [3.8, 4) is 11.5 Å². The summed E-state index contributed by atoms with van der Waals surface area (Å²) < 4.78 is 5.86. The van der Waals surface area contributed by atoms with Crippen molar-refractivity contribution in [1.29, 1.82) is 0 Å². The summed E-state index contributed by atoms with van der Waals surface area (Å²) in [6, 6.07) is 13.6. The van der Waals surface area contributed by atoms with Crippen molar-refractivity contribution in [1.82, 2.24) is 9.97 Å². The van der Waals surface area contributed by atoms with E-state index in [9.17, 15) is 9.90 Å². The van der Waals surface area contributed by atoms with Gasteiger partial charge in [-0.25, -0.2) is 4.98 Å². The molecular weight excluding hydrogens is 341 g/mol. The molecule has 0 radical (unpaired) electrons. The van der Waals surface area contributed by atoms with Crippen molar-refractivity contribution in [2.24, 2.45) is 0 Å². The first kappa shape index (κ1) is 19.9. The van der Waals surface area contributed by atoms with E-state index < -0.39 is 5.97 Å². The number of aromatic nitrogens is 2. The molecular formula is C19H16N3NaO3. The Bertz CT molecular complexity index is 931. The van der Waals surface area contributed by atoms with E-state index in [-0.39, 0.29) is 35.1 Å². The number of pyridine rings is 2. The molecule has 0 spiro atoms. The minimum atomic E-state index is -1.23. The van der Waals surface area contributed by atoms with Crippen molar-refractivity contribution >= 4 is 17.5 Å². The monoisotopic (exact) mass is 357 g/mol. The van der Waals surface area contributed by atoms with Crippen LogP contribution in [0.5, 0.6) is 11.5 Å². The number of rotatable bonds is 5. The van der Waals surface area contributed by atoms with Gasteiger partial charge in [0.2, 0.25) is 0 Å². The summed E-state index contributed by atoms with van der Waals surface area (Å²) in [6.45, 7) is 3.81. The summed E-state index contributed by atoms with van der Waals surface area (Å²) in [4.78, 5) is 19.5. The number of carboxylic acids is 1. The fraction of sp³-hybridized carbons (Fsp3) is 0.105. The summed E-state index contributed by atoms with van der Waals surface area (Å²) in [6.07, 6.45) is 1.61. The van der Waals surface area contributed by atoms with E-state index in [1.54, 1.807) is 30.5 Å². The topological polar surface area (TPSA) is 87.2 Å². The van der Waals surface area contributed by atoms with Gasteiger partial charge in [0.25, 0.3) is 0 Å². The fourth-order valence-electron chi connectivity index (χ4n) is 2.32. The van der Waals surface area contributed by atoms with Crippen LogP contribution in [0.3, 0.4) is 0 Å². The SMILES string of the molecule is Cc1ccc(Oc2ccnc(Nc3cccc(C(=O)[O-])c3)c2)c(C)n1.[Na+]. The Hall–Kier alpha value is -2.41. The van der Waals surface area contributed by atoms with Crippen molar-refractivity contribution in [2.75, 3.05) is 5.32 Å². The van der Waals surface area contributed by atoms with Gasteiger partial charge >= 0.3 is 29.6 Å². The molecule has 0 aliphatic heterocycles. The summed E-state index contributed by atoms with van der Waals surface area (Å²) in [7, 11) is 0. The van der Waals surface area contributed by atoms with Crippen LogP contribution in [0.4, 0.5) is 11.5 Å². The molecule has 2 aromatic heterocycles. The molecule has 1 N–H and O–H groups in total. The molecule has 0 amide bonds. The van der Waals surface area contributed by atoms with Crippen LogP contribution in [0, 0.1) is 13.8 Å². The molecule has 0 unspecified atom stereocenters. The van der Waals surface area contributed by atoms with E-state index >= 15 is 0 Å². The number of hydrogen-bond donors (Lipinski definition) is 1. The Morgan fingerprint density at radius 2 is 1.92 bits per heavy atom. The second-order valence-corrected chi connectivity index (χ2v) is 5.51. The summed E-state index contributed by atoms with van der Waals surface area (Å²) in [5.74, 6) is 0.575. The van der Waals surface area contributed by atoms with Crippen molar-refractivity contribution in [3.05, 3.63) is 71.7 Å². The predicted octanol–water partition coefficient (Wildman–Crippen LogP) is -0.00316. The maximum atomic E-state index is 10.9. The molecule has 6 nitrogen and oxygen atoms in total. The molecule has 0 saturated heterocycles. The molecule has 0 saturated carbocycles. The molecule has 0 atom stereocenters. The van der Waals surface area contributed by atoms with Gasteiger partial charge in [-0.15, -0.1) is 0 Å². The Morgan fingerprint density at radius 1 is 1.12 bits per heavy atom. The summed E-state index contributed by atoms with van der Waals surface area (Å²) >= 11 is 0. The van der Waals surface area contributed by atoms with Crippen LogP contribution in [0.1, 0.15) is 21.7 Å². The smallest absolute Gasteiger partial charge is 0.545 e. The minimum Gasteiger partial charge on any atom is -0.545 e. The number of ether oxygens (including phenoxy) is 1. The number of carbonyl (C=O) groups excluding carboxylic acids is 1. The first-order chi connectivity index (χ1) is 12.0. The van der Waals surface area contributed by atoms with E-state index in [1.165, 1.54) is 12.1 Å². The van der Waals surface area contributed by atoms with E-state index in [0.29, 0.717) is 23.0 Å². The number of benzene rings is 1. The molecule has 1 aromatic carbocycles. The Morgan fingerprint density at radius 3 is 2.65 bits per heavy atom. The quantitative estimate of drug-likeness (QED) is 0.647. The number of anilines is 2. The van der Waals surface area contributed by atoms with E-state index in [1.807, 2.05) is 26.0 Å². The van der Waals surface area contributed by atoms with Gasteiger partial charge in [0, 0.05) is 23.6 Å². The van der Waals surface area contributed by atoms with Crippen molar-refractivity contribution < 1.29 is 44.2 Å². The van der Waals surface area contributed by atoms with Crippen LogP contribution in [0.15, 0.2) is 54.7 Å². The second kappa shape index (κ2) is 8.80. The first-order valence-electron chi connectivity index (χ1n) is 7.68. The van der Waals surface area contributed by atoms with Gasteiger partial charge in [0.15, 0.2) is 0 Å². The zero-order chi connectivity index (χ0) is 17.8.